The van der Waals surface area contributed by atoms with E-state index in [0.717, 1.165) is 43.0 Å². The minimum Gasteiger partial charge on any atom is -0.393 e. The fourth-order valence-electron chi connectivity index (χ4n) is 4.76. The monoisotopic (exact) mass is 620 g/mol. The van der Waals surface area contributed by atoms with Crippen molar-refractivity contribution in [2.24, 2.45) is 0 Å². The van der Waals surface area contributed by atoms with Crippen molar-refractivity contribution in [3.63, 3.8) is 0 Å². The number of rotatable bonds is 8. The van der Waals surface area contributed by atoms with E-state index in [2.05, 4.69) is 4.98 Å². The summed E-state index contributed by atoms with van der Waals surface area (Å²) >= 11 is 1.48. The van der Waals surface area contributed by atoms with E-state index in [-0.39, 0.29) is 4.90 Å². The van der Waals surface area contributed by atoms with Gasteiger partial charge in [-0.05, 0) is 73.9 Å². The first-order valence-corrected chi connectivity index (χ1v) is 17.9. The summed E-state index contributed by atoms with van der Waals surface area (Å²) in [5, 5.41) is 11.7. The molecule has 0 amide bonds. The lowest BCUT2D eigenvalue weighted by Crippen LogP contribution is -2.28. The molecule has 7 nitrogen and oxygen atoms in total. The van der Waals surface area contributed by atoms with E-state index in [1.165, 1.54) is 23.8 Å². The highest BCUT2D eigenvalue weighted by molar-refractivity contribution is 7.91. The third kappa shape index (κ3) is 5.89. The molecule has 42 heavy (non-hydrogen) atoms. The van der Waals surface area contributed by atoms with Gasteiger partial charge in [0.1, 0.15) is 0 Å². The van der Waals surface area contributed by atoms with Crippen molar-refractivity contribution in [3.8, 4) is 32.8 Å². The third-order valence-corrected chi connectivity index (χ3v) is 11.8. The number of benzene rings is 3. The molecule has 0 saturated carbocycles. The zero-order valence-corrected chi connectivity index (χ0v) is 26.4. The Hall–Kier alpha value is -3.44. The molecule has 218 valence electrons. The predicted molar refractivity (Wildman–Crippen MR) is 170 cm³/mol. The molecule has 1 unspecified atom stereocenters. The van der Waals surface area contributed by atoms with Crippen LogP contribution in [0.3, 0.4) is 0 Å². The molecule has 0 bridgehead atoms. The van der Waals surface area contributed by atoms with Crippen molar-refractivity contribution in [3.05, 3.63) is 89.6 Å². The molecule has 1 N–H and O–H groups in total. The van der Waals surface area contributed by atoms with Crippen LogP contribution in [0.5, 0.6) is 0 Å². The van der Waals surface area contributed by atoms with Gasteiger partial charge in [-0.15, -0.1) is 11.3 Å². The Bertz CT molecular complexity index is 2010. The second-order valence-corrected chi connectivity index (χ2v) is 16.8. The summed E-state index contributed by atoms with van der Waals surface area (Å²) in [4.78, 5) is 10.6. The van der Waals surface area contributed by atoms with Crippen molar-refractivity contribution in [1.82, 2.24) is 9.97 Å². The molecule has 2 heterocycles. The van der Waals surface area contributed by atoms with Gasteiger partial charge < -0.3 is 5.11 Å². The molecule has 2 aromatic heterocycles. The van der Waals surface area contributed by atoms with Gasteiger partial charge in [0.15, 0.2) is 19.7 Å². The summed E-state index contributed by atoms with van der Waals surface area (Å²) in [5.41, 5.74) is 5.47. The van der Waals surface area contributed by atoms with E-state index < -0.39 is 30.5 Å². The zero-order chi connectivity index (χ0) is 30.4. The van der Waals surface area contributed by atoms with Crippen LogP contribution in [0.1, 0.15) is 31.3 Å². The highest BCUT2D eigenvalue weighted by Crippen LogP contribution is 2.41. The molecule has 0 saturated heterocycles. The molecule has 5 aromatic rings. The van der Waals surface area contributed by atoms with E-state index in [4.69, 9.17) is 4.98 Å². The van der Waals surface area contributed by atoms with Crippen LogP contribution in [0.15, 0.2) is 83.9 Å². The number of hydrogen-bond acceptors (Lipinski definition) is 8. The highest BCUT2D eigenvalue weighted by Gasteiger charge is 2.33. The Morgan fingerprint density at radius 3 is 2.21 bits per heavy atom. The molecule has 3 aromatic carbocycles. The van der Waals surface area contributed by atoms with Gasteiger partial charge in [-0.25, -0.2) is 21.8 Å². The number of hydrogen-bond donors (Lipinski definition) is 1. The maximum Gasteiger partial charge on any atom is 0.175 e. The van der Waals surface area contributed by atoms with Gasteiger partial charge in [0, 0.05) is 41.6 Å². The van der Waals surface area contributed by atoms with E-state index in [0.29, 0.717) is 17.7 Å². The van der Waals surface area contributed by atoms with Crippen molar-refractivity contribution >= 4 is 41.9 Å². The number of fused-ring (bicyclic) bond motifs is 1. The summed E-state index contributed by atoms with van der Waals surface area (Å²) in [6, 6.07) is 22.2. The van der Waals surface area contributed by atoms with Crippen molar-refractivity contribution in [1.29, 1.82) is 0 Å². The van der Waals surface area contributed by atoms with E-state index >= 15 is 0 Å². The minimum atomic E-state index is -3.42. The van der Waals surface area contributed by atoms with Crippen LogP contribution in [0.4, 0.5) is 0 Å². The number of sulfone groups is 2. The van der Waals surface area contributed by atoms with E-state index in [1.807, 2.05) is 48.5 Å². The standard InChI is InChI=1S/C32H32N2O5S3/c1-20(35)16-28-34-30(21-11-13-26(14-12-21)41(4,36)37)31(40-28)24-9-6-8-22(17-24)27-19-25(32(2,3)42(5,38)39)18-23-10-7-15-33-29(23)27/h6-15,17-20,35H,16H2,1-5H3. The fourth-order valence-corrected chi connectivity index (χ4v) is 7.14. The summed E-state index contributed by atoms with van der Waals surface area (Å²) in [7, 11) is -6.76. The third-order valence-electron chi connectivity index (χ3n) is 7.46. The molecule has 10 heteroatoms. The summed E-state index contributed by atoms with van der Waals surface area (Å²) in [5.74, 6) is 0. The van der Waals surface area contributed by atoms with E-state index in [1.54, 1.807) is 51.2 Å². The van der Waals surface area contributed by atoms with Crippen LogP contribution in [0.25, 0.3) is 43.7 Å². The molecule has 0 aliphatic carbocycles. The van der Waals surface area contributed by atoms with Gasteiger partial charge in [-0.2, -0.15) is 0 Å². The van der Waals surface area contributed by atoms with Gasteiger partial charge in [-0.3, -0.25) is 4.98 Å². The maximum atomic E-state index is 12.7. The largest absolute Gasteiger partial charge is 0.393 e. The summed E-state index contributed by atoms with van der Waals surface area (Å²) in [6.45, 7) is 5.14. The average Bonchev–Trinajstić information content (AvgIpc) is 3.34. The first-order chi connectivity index (χ1) is 19.6. The highest BCUT2D eigenvalue weighted by atomic mass is 32.2. The molecule has 0 spiro atoms. The quantitative estimate of drug-likeness (QED) is 0.217. The van der Waals surface area contributed by atoms with Crippen molar-refractivity contribution in [2.75, 3.05) is 12.5 Å². The van der Waals surface area contributed by atoms with Gasteiger partial charge in [0.2, 0.25) is 0 Å². The summed E-state index contributed by atoms with van der Waals surface area (Å²) in [6.07, 6.45) is 3.96. The molecular formula is C32H32N2O5S3. The van der Waals surface area contributed by atoms with Crippen molar-refractivity contribution < 1.29 is 21.9 Å². The second-order valence-electron chi connectivity index (χ2n) is 11.1. The van der Waals surface area contributed by atoms with Crippen LogP contribution < -0.4 is 0 Å². The van der Waals surface area contributed by atoms with Crippen LogP contribution in [0.2, 0.25) is 0 Å². The number of thiazole rings is 1. The first-order valence-electron chi connectivity index (χ1n) is 13.3. The molecule has 5 rings (SSSR count). The first kappa shape index (κ1) is 30.0. The normalized spacial score (nSPS) is 13.4. The van der Waals surface area contributed by atoms with Crippen LogP contribution in [0, 0.1) is 0 Å². The Kier molecular flexibility index (Phi) is 7.86. The molecule has 0 aliphatic heterocycles. The lowest BCUT2D eigenvalue weighted by atomic mass is 9.92. The van der Waals surface area contributed by atoms with Crippen LogP contribution in [-0.4, -0.2) is 50.5 Å². The molecule has 0 radical (unpaired) electrons. The lowest BCUT2D eigenvalue weighted by molar-refractivity contribution is 0.195. The molecular weight excluding hydrogens is 589 g/mol. The number of aliphatic hydroxyl groups excluding tert-OH is 1. The number of aromatic nitrogens is 2. The van der Waals surface area contributed by atoms with Gasteiger partial charge in [-0.1, -0.05) is 36.4 Å². The molecule has 0 aliphatic rings. The Labute approximate surface area is 250 Å². The minimum absolute atomic E-state index is 0.227. The Morgan fingerprint density at radius 1 is 0.881 bits per heavy atom. The second kappa shape index (κ2) is 11.0. The van der Waals surface area contributed by atoms with Crippen LogP contribution >= 0.6 is 11.3 Å². The predicted octanol–water partition coefficient (Wildman–Crippen LogP) is 6.30. The smallest absolute Gasteiger partial charge is 0.175 e. The van der Waals surface area contributed by atoms with Gasteiger partial charge in [0.25, 0.3) is 0 Å². The maximum absolute atomic E-state index is 12.7. The van der Waals surface area contributed by atoms with Gasteiger partial charge >= 0.3 is 0 Å². The molecule has 1 atom stereocenters. The number of pyridine rings is 1. The van der Waals surface area contributed by atoms with E-state index in [9.17, 15) is 21.9 Å². The molecule has 0 fully saturated rings. The Morgan fingerprint density at radius 2 is 1.57 bits per heavy atom. The Balaban J connectivity index is 1.69. The summed E-state index contributed by atoms with van der Waals surface area (Å²) < 4.78 is 48.4. The van der Waals surface area contributed by atoms with Crippen LogP contribution in [-0.2, 0) is 30.8 Å². The number of nitrogens with zero attached hydrogens (tertiary/aromatic N) is 2. The number of aliphatic hydroxyl groups is 1. The van der Waals surface area contributed by atoms with Crippen molar-refractivity contribution in [2.45, 2.75) is 42.9 Å². The topological polar surface area (TPSA) is 114 Å². The average molecular weight is 621 g/mol. The van der Waals surface area contributed by atoms with Gasteiger partial charge in [0.05, 0.1) is 36.8 Å². The fraction of sp³-hybridized carbons (Fsp3) is 0.250. The lowest BCUT2D eigenvalue weighted by Gasteiger charge is -2.24. The zero-order valence-electron chi connectivity index (χ0n) is 24.0. The SMILES string of the molecule is CC(O)Cc1nc(-c2ccc(S(C)(=O)=O)cc2)c(-c2cccc(-c3cc(C(C)(C)S(C)(=O)=O)cc4cccnc34)c2)s1.